The predicted octanol–water partition coefficient (Wildman–Crippen LogP) is 4.06. The van der Waals surface area contributed by atoms with Gasteiger partial charge in [-0.25, -0.2) is 9.59 Å². The first kappa shape index (κ1) is 32.6. The lowest BCUT2D eigenvalue weighted by Crippen LogP contribution is -2.49. The summed E-state index contributed by atoms with van der Waals surface area (Å²) in [4.78, 5) is 53.5. The number of nitrogens with zero attached hydrogens (tertiary/aromatic N) is 1. The molecule has 1 saturated heterocycles. The minimum Gasteiger partial charge on any atom is -0.445 e. The Morgan fingerprint density at radius 3 is 1.69 bits per heavy atom. The average molecular weight is 582 g/mol. The van der Waals surface area contributed by atoms with Gasteiger partial charge in [-0.05, 0) is 35.8 Å². The Kier molecular flexibility index (Phi) is 12.3. The summed E-state index contributed by atoms with van der Waals surface area (Å²) in [7, 11) is 0. The van der Waals surface area contributed by atoms with E-state index in [0.717, 1.165) is 11.1 Å². The van der Waals surface area contributed by atoms with Gasteiger partial charge in [0.1, 0.15) is 19.3 Å². The molecule has 4 atom stereocenters. The molecule has 0 spiro atoms. The first-order valence-corrected chi connectivity index (χ1v) is 14.5. The molecular formula is C32H43N3O7. The molecule has 10 nitrogen and oxygen atoms in total. The standard InChI is InChI=1S/C32H43N3O7/c1-21(2)15-26(33-31(39)41-19-23-11-7-5-8-12-23)29(37)25-17-35(18-28(25)36)30(38)27(16-22(3)4)34-32(40)42-20-24-13-9-6-10-14-24/h5-14,21-22,25-28,36H,15-20H2,1-4H3,(H,33,39)(H,34,40)/t25?,26-,27-,28?/m0/s1. The Morgan fingerprint density at radius 2 is 1.21 bits per heavy atom. The summed E-state index contributed by atoms with van der Waals surface area (Å²) in [6, 6.07) is 16.6. The SMILES string of the molecule is CC(C)C[C@H](NC(=O)OCc1ccccc1)C(=O)C1CN(C(=O)[C@H](CC(C)C)NC(=O)OCc2ccccc2)CC1O. The van der Waals surface area contributed by atoms with E-state index in [9.17, 15) is 24.3 Å². The third-order valence-electron chi connectivity index (χ3n) is 7.03. The molecule has 3 N–H and O–H groups in total. The number of ether oxygens (including phenoxy) is 2. The number of aliphatic hydroxyl groups excluding tert-OH is 1. The molecule has 0 radical (unpaired) electrons. The van der Waals surface area contributed by atoms with Gasteiger partial charge in [0.2, 0.25) is 5.91 Å². The summed E-state index contributed by atoms with van der Waals surface area (Å²) >= 11 is 0. The first-order chi connectivity index (χ1) is 20.0. The molecule has 2 unspecified atom stereocenters. The summed E-state index contributed by atoms with van der Waals surface area (Å²) in [5, 5.41) is 16.2. The zero-order chi connectivity index (χ0) is 30.6. The molecular weight excluding hydrogens is 538 g/mol. The quantitative estimate of drug-likeness (QED) is 0.325. The van der Waals surface area contributed by atoms with Crippen LogP contribution in [-0.2, 0) is 32.3 Å². The van der Waals surface area contributed by atoms with Crippen LogP contribution >= 0.6 is 0 Å². The fourth-order valence-corrected chi connectivity index (χ4v) is 4.95. The molecule has 10 heteroatoms. The Bertz CT molecular complexity index is 1170. The van der Waals surface area contributed by atoms with Gasteiger partial charge in [0.15, 0.2) is 5.78 Å². The number of likely N-dealkylation sites (tertiary alicyclic amines) is 1. The van der Waals surface area contributed by atoms with E-state index < -0.39 is 42.2 Å². The second-order valence-electron chi connectivity index (χ2n) is 11.6. The summed E-state index contributed by atoms with van der Waals surface area (Å²) < 4.78 is 10.6. The first-order valence-electron chi connectivity index (χ1n) is 14.5. The second-order valence-corrected chi connectivity index (χ2v) is 11.6. The van der Waals surface area contributed by atoms with Gasteiger partial charge in [0.25, 0.3) is 0 Å². The minimum absolute atomic E-state index is 0.0243. The van der Waals surface area contributed by atoms with Crippen molar-refractivity contribution in [1.82, 2.24) is 15.5 Å². The van der Waals surface area contributed by atoms with E-state index in [1.807, 2.05) is 88.4 Å². The molecule has 1 aliphatic rings. The van der Waals surface area contributed by atoms with Crippen molar-refractivity contribution in [2.45, 2.75) is 71.9 Å². The molecule has 0 aliphatic carbocycles. The lowest BCUT2D eigenvalue weighted by molar-refractivity contribution is -0.133. The summed E-state index contributed by atoms with van der Waals surface area (Å²) in [5.41, 5.74) is 1.63. The number of aliphatic hydroxyl groups is 1. The third kappa shape index (κ3) is 10.2. The number of rotatable bonds is 13. The van der Waals surface area contributed by atoms with Crippen molar-refractivity contribution in [3.8, 4) is 0 Å². The molecule has 2 aromatic carbocycles. The Morgan fingerprint density at radius 1 is 0.762 bits per heavy atom. The van der Waals surface area contributed by atoms with E-state index >= 15 is 0 Å². The molecule has 2 aromatic rings. The van der Waals surface area contributed by atoms with Crippen LogP contribution < -0.4 is 10.6 Å². The molecule has 1 aliphatic heterocycles. The number of carbonyl (C=O) groups is 4. The molecule has 3 amide bonds. The van der Waals surface area contributed by atoms with Crippen LogP contribution in [0.3, 0.4) is 0 Å². The Labute approximate surface area is 247 Å². The van der Waals surface area contributed by atoms with Crippen molar-refractivity contribution in [3.63, 3.8) is 0 Å². The molecule has 3 rings (SSSR count). The highest BCUT2D eigenvalue weighted by Crippen LogP contribution is 2.23. The van der Waals surface area contributed by atoms with Gasteiger partial charge < -0.3 is 30.1 Å². The molecule has 0 saturated carbocycles. The smallest absolute Gasteiger partial charge is 0.408 e. The normalized spacial score (nSPS) is 17.9. The van der Waals surface area contributed by atoms with Crippen LogP contribution in [0, 0.1) is 17.8 Å². The van der Waals surface area contributed by atoms with Gasteiger partial charge in [-0.2, -0.15) is 0 Å². The van der Waals surface area contributed by atoms with E-state index in [1.165, 1.54) is 4.90 Å². The Hall–Kier alpha value is -3.92. The van der Waals surface area contributed by atoms with E-state index in [1.54, 1.807) is 0 Å². The van der Waals surface area contributed by atoms with Crippen LogP contribution in [0.25, 0.3) is 0 Å². The molecule has 1 fully saturated rings. The summed E-state index contributed by atoms with van der Waals surface area (Å²) in [6.45, 7) is 7.76. The molecule has 228 valence electrons. The van der Waals surface area contributed by atoms with Crippen molar-refractivity contribution in [3.05, 3.63) is 71.8 Å². The van der Waals surface area contributed by atoms with Crippen LogP contribution in [0.15, 0.2) is 60.7 Å². The zero-order valence-electron chi connectivity index (χ0n) is 24.8. The minimum atomic E-state index is -1.11. The van der Waals surface area contributed by atoms with Crippen molar-refractivity contribution in [1.29, 1.82) is 0 Å². The van der Waals surface area contributed by atoms with Crippen molar-refractivity contribution >= 4 is 23.9 Å². The lowest BCUT2D eigenvalue weighted by atomic mass is 9.90. The number of hydrogen-bond acceptors (Lipinski definition) is 7. The van der Waals surface area contributed by atoms with Gasteiger partial charge in [0.05, 0.1) is 18.1 Å². The number of carbonyl (C=O) groups excluding carboxylic acids is 4. The number of amides is 3. The van der Waals surface area contributed by atoms with Crippen molar-refractivity contribution in [2.75, 3.05) is 13.1 Å². The van der Waals surface area contributed by atoms with Gasteiger partial charge >= 0.3 is 12.2 Å². The van der Waals surface area contributed by atoms with Crippen LogP contribution in [0.5, 0.6) is 0 Å². The number of Topliss-reactive ketones (excluding diaryl/α,β-unsaturated/α-hetero) is 1. The summed E-state index contributed by atoms with van der Waals surface area (Å²) in [5.74, 6) is -1.49. The number of alkyl carbamates (subject to hydrolysis) is 2. The molecule has 0 aromatic heterocycles. The van der Waals surface area contributed by atoms with Gasteiger partial charge in [0, 0.05) is 13.1 Å². The fourth-order valence-electron chi connectivity index (χ4n) is 4.95. The van der Waals surface area contributed by atoms with Crippen LogP contribution in [0.4, 0.5) is 9.59 Å². The predicted molar refractivity (Wildman–Crippen MR) is 157 cm³/mol. The summed E-state index contributed by atoms with van der Waals surface area (Å²) in [6.07, 6.45) is -1.85. The van der Waals surface area contributed by atoms with Crippen molar-refractivity contribution in [2.24, 2.45) is 17.8 Å². The van der Waals surface area contributed by atoms with Crippen LogP contribution in [-0.4, -0.2) is 65.2 Å². The Balaban J connectivity index is 1.61. The highest BCUT2D eigenvalue weighted by Gasteiger charge is 2.43. The van der Waals surface area contributed by atoms with E-state index in [4.69, 9.17) is 9.47 Å². The van der Waals surface area contributed by atoms with E-state index in [0.29, 0.717) is 12.8 Å². The average Bonchev–Trinajstić information content (AvgIpc) is 3.35. The number of benzene rings is 2. The molecule has 42 heavy (non-hydrogen) atoms. The number of ketones is 1. The van der Waals surface area contributed by atoms with E-state index in [-0.39, 0.29) is 43.9 Å². The monoisotopic (exact) mass is 581 g/mol. The maximum absolute atomic E-state index is 13.6. The lowest BCUT2D eigenvalue weighted by Gasteiger charge is -2.26. The molecule has 1 heterocycles. The zero-order valence-corrected chi connectivity index (χ0v) is 24.8. The maximum Gasteiger partial charge on any atom is 0.408 e. The van der Waals surface area contributed by atoms with Gasteiger partial charge in [-0.1, -0.05) is 88.4 Å². The van der Waals surface area contributed by atoms with Crippen LogP contribution in [0.2, 0.25) is 0 Å². The fraction of sp³-hybridized carbons (Fsp3) is 0.500. The second kappa shape index (κ2) is 15.9. The highest BCUT2D eigenvalue weighted by molar-refractivity contribution is 5.92. The topological polar surface area (TPSA) is 134 Å². The van der Waals surface area contributed by atoms with Gasteiger partial charge in [-0.3, -0.25) is 9.59 Å². The van der Waals surface area contributed by atoms with E-state index in [2.05, 4.69) is 10.6 Å². The number of nitrogens with one attached hydrogen (secondary N) is 2. The number of hydrogen-bond donors (Lipinski definition) is 3. The number of β-amino-alcohol motifs (C(OH)–C–C–N with tert-alkyl or cyclic N) is 1. The third-order valence-corrected chi connectivity index (χ3v) is 7.03. The van der Waals surface area contributed by atoms with Gasteiger partial charge in [-0.15, -0.1) is 0 Å². The van der Waals surface area contributed by atoms with Crippen LogP contribution in [0.1, 0.15) is 51.7 Å². The maximum atomic E-state index is 13.6. The highest BCUT2D eigenvalue weighted by atomic mass is 16.6. The molecule has 0 bridgehead atoms. The largest absolute Gasteiger partial charge is 0.445 e. The van der Waals surface area contributed by atoms with Crippen molar-refractivity contribution < 1.29 is 33.8 Å².